The van der Waals surface area contributed by atoms with E-state index in [4.69, 9.17) is 9.47 Å². The molecule has 2 N–H and O–H groups in total. The molecule has 1 fully saturated rings. The Morgan fingerprint density at radius 3 is 2.83 bits per heavy atom. The molecule has 0 aromatic heterocycles. The van der Waals surface area contributed by atoms with Crippen molar-refractivity contribution < 1.29 is 14.6 Å². The zero-order chi connectivity index (χ0) is 13.4. The molecule has 0 aromatic carbocycles. The highest BCUT2D eigenvalue weighted by Crippen LogP contribution is 2.22. The second-order valence-electron chi connectivity index (χ2n) is 5.61. The third-order valence-corrected chi connectivity index (χ3v) is 3.30. The zero-order valence-corrected chi connectivity index (χ0v) is 12.0. The van der Waals surface area contributed by atoms with Gasteiger partial charge in [0.05, 0.1) is 18.8 Å². The molecule has 0 bridgehead atoms. The minimum Gasteiger partial charge on any atom is -0.389 e. The molecule has 1 aliphatic rings. The van der Waals surface area contributed by atoms with Crippen molar-refractivity contribution in [3.63, 3.8) is 0 Å². The molecule has 0 saturated carbocycles. The van der Waals surface area contributed by atoms with E-state index in [9.17, 15) is 5.11 Å². The third kappa shape index (κ3) is 6.14. The second kappa shape index (κ2) is 8.86. The van der Waals surface area contributed by atoms with Gasteiger partial charge < -0.3 is 19.9 Å². The van der Waals surface area contributed by atoms with Gasteiger partial charge in [-0.3, -0.25) is 0 Å². The number of hydrogen-bond donors (Lipinski definition) is 2. The van der Waals surface area contributed by atoms with Gasteiger partial charge >= 0.3 is 0 Å². The lowest BCUT2D eigenvalue weighted by Gasteiger charge is -2.19. The van der Waals surface area contributed by atoms with Crippen LogP contribution >= 0.6 is 0 Å². The lowest BCUT2D eigenvalue weighted by molar-refractivity contribution is 0.0250. The van der Waals surface area contributed by atoms with Gasteiger partial charge in [0, 0.05) is 26.3 Å². The van der Waals surface area contributed by atoms with Crippen LogP contribution in [0.25, 0.3) is 0 Å². The van der Waals surface area contributed by atoms with E-state index in [1.807, 2.05) is 0 Å². The molecule has 1 saturated heterocycles. The molecule has 3 atom stereocenters. The normalized spacial score (nSPS) is 25.8. The predicted molar refractivity (Wildman–Crippen MR) is 72.7 cm³/mol. The Kier molecular flexibility index (Phi) is 7.82. The fraction of sp³-hybridized carbons (Fsp3) is 1.00. The number of hydrogen-bond acceptors (Lipinski definition) is 4. The monoisotopic (exact) mass is 259 g/mol. The molecule has 0 aliphatic carbocycles. The number of ether oxygens (including phenoxy) is 2. The number of aliphatic hydroxyl groups excluding tert-OH is 1. The molecular weight excluding hydrogens is 230 g/mol. The van der Waals surface area contributed by atoms with Crippen LogP contribution in [0.15, 0.2) is 0 Å². The molecule has 0 amide bonds. The lowest BCUT2D eigenvalue weighted by atomic mass is 10.00. The van der Waals surface area contributed by atoms with Gasteiger partial charge in [0.15, 0.2) is 0 Å². The molecule has 1 rings (SSSR count). The van der Waals surface area contributed by atoms with E-state index in [2.05, 4.69) is 26.1 Å². The molecule has 0 aromatic rings. The molecule has 18 heavy (non-hydrogen) atoms. The van der Waals surface area contributed by atoms with Crippen molar-refractivity contribution in [3.05, 3.63) is 0 Å². The van der Waals surface area contributed by atoms with Crippen LogP contribution in [0.3, 0.4) is 0 Å². The van der Waals surface area contributed by atoms with Gasteiger partial charge in [-0.15, -0.1) is 0 Å². The Morgan fingerprint density at radius 2 is 2.17 bits per heavy atom. The standard InChI is InChI=1S/C14H29NO3/c1-4-14-12(5-6-18-14)7-15-8-13(16)10-17-9-11(2)3/h11-16H,4-10H2,1-3H3. The Morgan fingerprint density at radius 1 is 1.39 bits per heavy atom. The van der Waals surface area contributed by atoms with E-state index in [0.717, 1.165) is 26.0 Å². The topological polar surface area (TPSA) is 50.7 Å². The highest BCUT2D eigenvalue weighted by molar-refractivity contribution is 4.77. The van der Waals surface area contributed by atoms with Crippen molar-refractivity contribution in [1.29, 1.82) is 0 Å². The van der Waals surface area contributed by atoms with Gasteiger partial charge in [0.25, 0.3) is 0 Å². The first kappa shape index (κ1) is 15.9. The summed E-state index contributed by atoms with van der Waals surface area (Å²) in [6, 6.07) is 0. The summed E-state index contributed by atoms with van der Waals surface area (Å²) in [5.74, 6) is 1.12. The Labute approximate surface area is 111 Å². The maximum absolute atomic E-state index is 9.74. The minimum absolute atomic E-state index is 0.395. The fourth-order valence-electron chi connectivity index (χ4n) is 2.31. The smallest absolute Gasteiger partial charge is 0.0897 e. The Bertz CT molecular complexity index is 211. The summed E-state index contributed by atoms with van der Waals surface area (Å²) in [5, 5.41) is 13.1. The largest absolute Gasteiger partial charge is 0.389 e. The van der Waals surface area contributed by atoms with Crippen LogP contribution < -0.4 is 5.32 Å². The summed E-state index contributed by atoms with van der Waals surface area (Å²) in [5.41, 5.74) is 0. The van der Waals surface area contributed by atoms with Crippen molar-refractivity contribution in [1.82, 2.24) is 5.32 Å². The summed E-state index contributed by atoms with van der Waals surface area (Å²) in [4.78, 5) is 0. The van der Waals surface area contributed by atoms with Gasteiger partial charge in [-0.25, -0.2) is 0 Å². The van der Waals surface area contributed by atoms with Crippen molar-refractivity contribution in [3.8, 4) is 0 Å². The summed E-state index contributed by atoms with van der Waals surface area (Å²) < 4.78 is 11.0. The maximum atomic E-state index is 9.74. The molecule has 3 unspecified atom stereocenters. The molecule has 1 heterocycles. The van der Waals surface area contributed by atoms with E-state index in [0.29, 0.717) is 37.7 Å². The Balaban J connectivity index is 2.02. The average Bonchev–Trinajstić information content (AvgIpc) is 2.76. The van der Waals surface area contributed by atoms with Crippen LogP contribution in [-0.4, -0.2) is 50.2 Å². The van der Waals surface area contributed by atoms with E-state index in [-0.39, 0.29) is 0 Å². The Hall–Kier alpha value is -0.160. The number of aliphatic hydroxyl groups is 1. The second-order valence-corrected chi connectivity index (χ2v) is 5.61. The highest BCUT2D eigenvalue weighted by atomic mass is 16.5. The molecule has 4 heteroatoms. The first-order valence-corrected chi connectivity index (χ1v) is 7.21. The SMILES string of the molecule is CCC1OCCC1CNCC(O)COCC(C)C. The van der Waals surface area contributed by atoms with Crippen molar-refractivity contribution >= 4 is 0 Å². The molecule has 1 aliphatic heterocycles. The average molecular weight is 259 g/mol. The van der Waals surface area contributed by atoms with Gasteiger partial charge in [-0.05, 0) is 24.7 Å². The van der Waals surface area contributed by atoms with E-state index in [1.165, 1.54) is 0 Å². The van der Waals surface area contributed by atoms with Gasteiger partial charge in [-0.1, -0.05) is 20.8 Å². The molecular formula is C14H29NO3. The van der Waals surface area contributed by atoms with Crippen molar-refractivity contribution in [2.75, 3.05) is 32.9 Å². The maximum Gasteiger partial charge on any atom is 0.0897 e. The quantitative estimate of drug-likeness (QED) is 0.657. The molecule has 4 nitrogen and oxygen atoms in total. The van der Waals surface area contributed by atoms with Gasteiger partial charge in [0.1, 0.15) is 0 Å². The van der Waals surface area contributed by atoms with Crippen LogP contribution in [0.2, 0.25) is 0 Å². The highest BCUT2D eigenvalue weighted by Gasteiger charge is 2.26. The first-order valence-electron chi connectivity index (χ1n) is 7.21. The number of nitrogens with one attached hydrogen (secondary N) is 1. The minimum atomic E-state index is -0.411. The zero-order valence-electron chi connectivity index (χ0n) is 12.0. The molecule has 0 spiro atoms. The van der Waals surface area contributed by atoms with Crippen LogP contribution in [0.5, 0.6) is 0 Å². The predicted octanol–water partition coefficient (Wildman–Crippen LogP) is 1.42. The molecule has 108 valence electrons. The van der Waals surface area contributed by atoms with Crippen molar-refractivity contribution in [2.24, 2.45) is 11.8 Å². The van der Waals surface area contributed by atoms with E-state index in [1.54, 1.807) is 0 Å². The van der Waals surface area contributed by atoms with Crippen molar-refractivity contribution in [2.45, 2.75) is 45.8 Å². The van der Waals surface area contributed by atoms with Crippen LogP contribution in [0, 0.1) is 11.8 Å². The number of rotatable bonds is 9. The summed E-state index contributed by atoms with van der Waals surface area (Å²) in [7, 11) is 0. The fourth-order valence-corrected chi connectivity index (χ4v) is 2.31. The van der Waals surface area contributed by atoms with Crippen LogP contribution in [0.1, 0.15) is 33.6 Å². The lowest BCUT2D eigenvalue weighted by Crippen LogP contribution is -2.35. The van der Waals surface area contributed by atoms with E-state index < -0.39 is 6.10 Å². The summed E-state index contributed by atoms with van der Waals surface area (Å²) in [6.07, 6.45) is 2.19. The summed E-state index contributed by atoms with van der Waals surface area (Å²) in [6.45, 7) is 9.92. The van der Waals surface area contributed by atoms with E-state index >= 15 is 0 Å². The molecule has 0 radical (unpaired) electrons. The van der Waals surface area contributed by atoms with Gasteiger partial charge in [-0.2, -0.15) is 0 Å². The van der Waals surface area contributed by atoms with Crippen LogP contribution in [-0.2, 0) is 9.47 Å². The summed E-state index contributed by atoms with van der Waals surface area (Å²) >= 11 is 0. The third-order valence-electron chi connectivity index (χ3n) is 3.30. The van der Waals surface area contributed by atoms with Gasteiger partial charge in [0.2, 0.25) is 0 Å². The van der Waals surface area contributed by atoms with Crippen LogP contribution in [0.4, 0.5) is 0 Å². The first-order chi connectivity index (χ1) is 8.63.